The molecule has 0 spiro atoms. The highest BCUT2D eigenvalue weighted by atomic mass is 15.2. The van der Waals surface area contributed by atoms with E-state index in [9.17, 15) is 0 Å². The summed E-state index contributed by atoms with van der Waals surface area (Å²) in [5, 5.41) is 1.16. The summed E-state index contributed by atoms with van der Waals surface area (Å²) in [4.78, 5) is 9.39. The number of para-hydroxylation sites is 1. The molecular formula is C17H26N4. The number of rotatable bonds is 7. The Bertz CT molecular complexity index is 580. The van der Waals surface area contributed by atoms with Crippen LogP contribution in [0.1, 0.15) is 18.9 Å². The Morgan fingerprint density at radius 2 is 1.86 bits per heavy atom. The summed E-state index contributed by atoms with van der Waals surface area (Å²) in [7, 11) is 4.20. The quantitative estimate of drug-likeness (QED) is 0.849. The van der Waals surface area contributed by atoms with Crippen LogP contribution in [0.25, 0.3) is 10.9 Å². The summed E-state index contributed by atoms with van der Waals surface area (Å²) in [5.41, 5.74) is 8.12. The van der Waals surface area contributed by atoms with Crippen molar-refractivity contribution in [2.45, 2.75) is 19.9 Å². The molecule has 0 amide bonds. The van der Waals surface area contributed by atoms with Crippen LogP contribution in [0.4, 0.5) is 5.82 Å². The molecule has 0 fully saturated rings. The van der Waals surface area contributed by atoms with Gasteiger partial charge in [0.25, 0.3) is 0 Å². The number of benzene rings is 1. The predicted octanol–water partition coefficient (Wildman–Crippen LogP) is 2.47. The smallest absolute Gasteiger partial charge is 0.129 e. The van der Waals surface area contributed by atoms with Gasteiger partial charge in [-0.25, -0.2) is 4.98 Å². The molecule has 21 heavy (non-hydrogen) atoms. The number of anilines is 1. The zero-order valence-electron chi connectivity index (χ0n) is 13.3. The number of hydrogen-bond donors (Lipinski definition) is 1. The number of pyridine rings is 1. The number of aromatic nitrogens is 1. The third kappa shape index (κ3) is 3.93. The van der Waals surface area contributed by atoms with E-state index in [-0.39, 0.29) is 0 Å². The van der Waals surface area contributed by atoms with E-state index in [1.807, 2.05) is 12.1 Å². The highest BCUT2D eigenvalue weighted by Gasteiger charge is 2.11. The van der Waals surface area contributed by atoms with Gasteiger partial charge in [0.1, 0.15) is 5.82 Å². The van der Waals surface area contributed by atoms with Crippen LogP contribution in [-0.2, 0) is 6.54 Å². The number of nitrogens with two attached hydrogens (primary N) is 1. The Labute approximate surface area is 127 Å². The van der Waals surface area contributed by atoms with Gasteiger partial charge in [0.2, 0.25) is 0 Å². The lowest BCUT2D eigenvalue weighted by molar-refractivity contribution is 0.412. The second-order valence-corrected chi connectivity index (χ2v) is 5.65. The summed E-state index contributed by atoms with van der Waals surface area (Å²) in [5.74, 6) is 1.04. The minimum Gasteiger partial charge on any atom is -0.355 e. The average Bonchev–Trinajstić information content (AvgIpc) is 2.50. The number of likely N-dealkylation sites (N-methyl/N-ethyl adjacent to an activating group) is 1. The van der Waals surface area contributed by atoms with E-state index in [2.05, 4.69) is 49.0 Å². The van der Waals surface area contributed by atoms with E-state index in [0.717, 1.165) is 42.8 Å². The van der Waals surface area contributed by atoms with E-state index < -0.39 is 0 Å². The minimum atomic E-state index is 0.545. The van der Waals surface area contributed by atoms with Crippen molar-refractivity contribution in [3.8, 4) is 0 Å². The predicted molar refractivity (Wildman–Crippen MR) is 90.7 cm³/mol. The number of nitrogens with zero attached hydrogens (tertiary/aromatic N) is 3. The first kappa shape index (κ1) is 15.7. The second kappa shape index (κ2) is 7.38. The first-order chi connectivity index (χ1) is 10.2. The molecule has 4 heteroatoms. The summed E-state index contributed by atoms with van der Waals surface area (Å²) in [6, 6.07) is 10.4. The van der Waals surface area contributed by atoms with Crippen molar-refractivity contribution in [3.05, 3.63) is 35.9 Å². The Morgan fingerprint density at radius 3 is 2.52 bits per heavy atom. The molecule has 2 N–H and O–H groups in total. The van der Waals surface area contributed by atoms with Gasteiger partial charge in [-0.1, -0.05) is 25.1 Å². The van der Waals surface area contributed by atoms with Crippen LogP contribution < -0.4 is 10.6 Å². The van der Waals surface area contributed by atoms with Gasteiger partial charge in [0.05, 0.1) is 5.52 Å². The molecule has 0 saturated heterocycles. The molecular weight excluding hydrogens is 260 g/mol. The first-order valence-electron chi connectivity index (χ1n) is 7.64. The fourth-order valence-electron chi connectivity index (χ4n) is 2.49. The van der Waals surface area contributed by atoms with Gasteiger partial charge in [-0.2, -0.15) is 0 Å². The van der Waals surface area contributed by atoms with Crippen molar-refractivity contribution in [1.82, 2.24) is 9.88 Å². The second-order valence-electron chi connectivity index (χ2n) is 5.65. The monoisotopic (exact) mass is 286 g/mol. The van der Waals surface area contributed by atoms with Crippen LogP contribution in [-0.4, -0.2) is 43.6 Å². The summed E-state index contributed by atoms with van der Waals surface area (Å²) in [6.45, 7) is 5.77. The molecule has 0 bridgehead atoms. The molecule has 114 valence electrons. The SMILES string of the molecule is CCCN(CCN(C)C)c1cc(CN)c2ccccc2n1. The zero-order chi connectivity index (χ0) is 15.2. The van der Waals surface area contributed by atoms with Crippen LogP contribution in [0.15, 0.2) is 30.3 Å². The lowest BCUT2D eigenvalue weighted by atomic mass is 10.1. The lowest BCUT2D eigenvalue weighted by Crippen LogP contribution is -2.33. The molecule has 2 aromatic rings. The summed E-state index contributed by atoms with van der Waals surface area (Å²) >= 11 is 0. The molecule has 0 aliphatic heterocycles. The van der Waals surface area contributed by atoms with Crippen molar-refractivity contribution in [2.75, 3.05) is 38.6 Å². The van der Waals surface area contributed by atoms with Crippen molar-refractivity contribution in [3.63, 3.8) is 0 Å². The lowest BCUT2D eigenvalue weighted by Gasteiger charge is -2.26. The highest BCUT2D eigenvalue weighted by molar-refractivity contribution is 5.84. The van der Waals surface area contributed by atoms with Gasteiger partial charge in [-0.3, -0.25) is 0 Å². The van der Waals surface area contributed by atoms with Gasteiger partial charge < -0.3 is 15.5 Å². The van der Waals surface area contributed by atoms with Gasteiger partial charge >= 0.3 is 0 Å². The Balaban J connectivity index is 2.37. The van der Waals surface area contributed by atoms with Crippen LogP contribution in [0.2, 0.25) is 0 Å². The molecule has 0 aliphatic carbocycles. The molecule has 1 aromatic heterocycles. The number of fused-ring (bicyclic) bond motifs is 1. The highest BCUT2D eigenvalue weighted by Crippen LogP contribution is 2.22. The van der Waals surface area contributed by atoms with E-state index in [0.29, 0.717) is 6.54 Å². The van der Waals surface area contributed by atoms with Gasteiger partial charge in [0.15, 0.2) is 0 Å². The van der Waals surface area contributed by atoms with Crippen LogP contribution in [0, 0.1) is 0 Å². The summed E-state index contributed by atoms with van der Waals surface area (Å²) in [6.07, 6.45) is 1.11. The van der Waals surface area contributed by atoms with Crippen molar-refractivity contribution < 1.29 is 0 Å². The molecule has 0 radical (unpaired) electrons. The van der Waals surface area contributed by atoms with Crippen LogP contribution in [0.5, 0.6) is 0 Å². The van der Waals surface area contributed by atoms with Crippen LogP contribution >= 0.6 is 0 Å². The van der Waals surface area contributed by atoms with E-state index >= 15 is 0 Å². The Kier molecular flexibility index (Phi) is 5.53. The van der Waals surface area contributed by atoms with Gasteiger partial charge in [-0.15, -0.1) is 0 Å². The van der Waals surface area contributed by atoms with E-state index in [1.54, 1.807) is 0 Å². The summed E-state index contributed by atoms with van der Waals surface area (Å²) < 4.78 is 0. The maximum Gasteiger partial charge on any atom is 0.129 e. The van der Waals surface area contributed by atoms with Crippen LogP contribution in [0.3, 0.4) is 0 Å². The maximum absolute atomic E-state index is 5.93. The molecule has 0 saturated carbocycles. The fourth-order valence-corrected chi connectivity index (χ4v) is 2.49. The minimum absolute atomic E-state index is 0.545. The fraction of sp³-hybridized carbons (Fsp3) is 0.471. The van der Waals surface area contributed by atoms with Crippen molar-refractivity contribution in [1.29, 1.82) is 0 Å². The normalized spacial score (nSPS) is 11.3. The maximum atomic E-state index is 5.93. The topological polar surface area (TPSA) is 45.4 Å². The van der Waals surface area contributed by atoms with Gasteiger partial charge in [0, 0.05) is 31.6 Å². The first-order valence-corrected chi connectivity index (χ1v) is 7.64. The van der Waals surface area contributed by atoms with Crippen molar-refractivity contribution >= 4 is 16.7 Å². The van der Waals surface area contributed by atoms with Gasteiger partial charge in [-0.05, 0) is 38.2 Å². The zero-order valence-corrected chi connectivity index (χ0v) is 13.3. The molecule has 0 atom stereocenters. The Morgan fingerprint density at radius 1 is 1.10 bits per heavy atom. The number of hydrogen-bond acceptors (Lipinski definition) is 4. The molecule has 1 heterocycles. The molecule has 0 aliphatic rings. The Hall–Kier alpha value is -1.65. The molecule has 4 nitrogen and oxygen atoms in total. The largest absolute Gasteiger partial charge is 0.355 e. The van der Waals surface area contributed by atoms with E-state index in [4.69, 9.17) is 10.7 Å². The molecule has 2 rings (SSSR count). The third-order valence-electron chi connectivity index (χ3n) is 3.64. The van der Waals surface area contributed by atoms with Crippen molar-refractivity contribution in [2.24, 2.45) is 5.73 Å². The van der Waals surface area contributed by atoms with E-state index in [1.165, 1.54) is 5.56 Å². The third-order valence-corrected chi connectivity index (χ3v) is 3.64. The average molecular weight is 286 g/mol. The molecule has 1 aromatic carbocycles. The standard InChI is InChI=1S/C17H26N4/c1-4-9-21(11-10-20(2)3)17-12-14(13-18)15-7-5-6-8-16(15)19-17/h5-8,12H,4,9-11,13,18H2,1-3H3. The molecule has 0 unspecified atom stereocenters.